The molecule has 0 aliphatic carbocycles. The van der Waals surface area contributed by atoms with Gasteiger partial charge in [-0.05, 0) is 31.7 Å². The summed E-state index contributed by atoms with van der Waals surface area (Å²) in [4.78, 5) is 10.6. The first-order valence-electron chi connectivity index (χ1n) is 6.61. The Kier molecular flexibility index (Phi) is 6.42. The van der Waals surface area contributed by atoms with E-state index in [1.807, 2.05) is 0 Å². The van der Waals surface area contributed by atoms with Crippen molar-refractivity contribution in [3.63, 3.8) is 0 Å². The van der Waals surface area contributed by atoms with Gasteiger partial charge in [0, 0.05) is 16.1 Å². The van der Waals surface area contributed by atoms with E-state index in [0.29, 0.717) is 22.6 Å². The van der Waals surface area contributed by atoms with Crippen LogP contribution in [0.25, 0.3) is 0 Å². The van der Waals surface area contributed by atoms with Crippen molar-refractivity contribution in [2.24, 2.45) is 5.92 Å². The van der Waals surface area contributed by atoms with Crippen molar-refractivity contribution in [1.29, 1.82) is 0 Å². The van der Waals surface area contributed by atoms with Crippen LogP contribution < -0.4 is 4.74 Å². The molecule has 6 heteroatoms. The second-order valence-corrected chi connectivity index (χ2v) is 6.08. The fraction of sp³-hybridized carbons (Fsp3) is 0.571. The molecule has 0 amide bonds. The monoisotopic (exact) mass is 345 g/mol. The van der Waals surface area contributed by atoms with Gasteiger partial charge in [-0.3, -0.25) is 10.1 Å². The maximum atomic E-state index is 11.1. The maximum Gasteiger partial charge on any atom is 0.312 e. The molecule has 0 fully saturated rings. The minimum atomic E-state index is -0.828. The molecule has 1 aromatic carbocycles. The Morgan fingerprint density at radius 1 is 1.40 bits per heavy atom. The fourth-order valence-electron chi connectivity index (χ4n) is 1.87. The number of nitro groups is 1. The van der Waals surface area contributed by atoms with Crippen LogP contribution in [-0.4, -0.2) is 16.6 Å². The van der Waals surface area contributed by atoms with Gasteiger partial charge in [0.2, 0.25) is 5.75 Å². The molecule has 0 aromatic heterocycles. The number of hydrogen-bond donors (Lipinski definition) is 1. The molecule has 0 spiro atoms. The molecule has 1 N–H and O–H groups in total. The molecule has 0 aliphatic heterocycles. The van der Waals surface area contributed by atoms with Crippen molar-refractivity contribution in [3.05, 3.63) is 32.3 Å². The number of nitrogens with zero attached hydrogens (tertiary/aromatic N) is 1. The lowest BCUT2D eigenvalue weighted by molar-refractivity contribution is -0.386. The standard InChI is InChI=1S/C14H20BrNO4/c1-9(2)5-4-6-20-14-12(10(3)17)7-11(15)8-13(14)16(18)19/h7-10,17H,4-6H2,1-3H3. The first-order valence-corrected chi connectivity index (χ1v) is 7.41. The van der Waals surface area contributed by atoms with Gasteiger partial charge in [-0.25, -0.2) is 0 Å². The lowest BCUT2D eigenvalue weighted by Crippen LogP contribution is -2.06. The highest BCUT2D eigenvalue weighted by Gasteiger charge is 2.23. The highest BCUT2D eigenvalue weighted by molar-refractivity contribution is 9.10. The Morgan fingerprint density at radius 3 is 2.55 bits per heavy atom. The Labute approximate surface area is 127 Å². The van der Waals surface area contributed by atoms with Crippen LogP contribution in [0.4, 0.5) is 5.69 Å². The van der Waals surface area contributed by atoms with Crippen LogP contribution in [0.1, 0.15) is 45.3 Å². The molecule has 1 unspecified atom stereocenters. The van der Waals surface area contributed by atoms with E-state index in [2.05, 4.69) is 29.8 Å². The Hall–Kier alpha value is -1.14. The number of hydrogen-bond acceptors (Lipinski definition) is 4. The molecule has 0 radical (unpaired) electrons. The number of nitro benzene ring substituents is 1. The lowest BCUT2D eigenvalue weighted by atomic mass is 10.1. The van der Waals surface area contributed by atoms with Crippen molar-refractivity contribution in [2.75, 3.05) is 6.61 Å². The van der Waals surface area contributed by atoms with Crippen LogP contribution in [0.2, 0.25) is 0 Å². The second-order valence-electron chi connectivity index (χ2n) is 5.16. The summed E-state index contributed by atoms with van der Waals surface area (Å²) in [5.41, 5.74) is 0.301. The maximum absolute atomic E-state index is 11.1. The molecule has 0 aliphatic rings. The molecule has 1 rings (SSSR count). The minimum absolute atomic E-state index is 0.125. The quantitative estimate of drug-likeness (QED) is 0.456. The minimum Gasteiger partial charge on any atom is -0.487 e. The number of aliphatic hydroxyl groups excluding tert-OH is 1. The summed E-state index contributed by atoms with van der Waals surface area (Å²) in [5, 5.41) is 20.9. The molecule has 0 saturated carbocycles. The Morgan fingerprint density at radius 2 is 2.05 bits per heavy atom. The van der Waals surface area contributed by atoms with E-state index in [4.69, 9.17) is 4.74 Å². The third kappa shape index (κ3) is 4.76. The van der Waals surface area contributed by atoms with E-state index in [1.165, 1.54) is 6.07 Å². The van der Waals surface area contributed by atoms with E-state index in [1.54, 1.807) is 13.0 Å². The average molecular weight is 346 g/mol. The van der Waals surface area contributed by atoms with Gasteiger partial charge in [0.15, 0.2) is 0 Å². The third-order valence-electron chi connectivity index (χ3n) is 2.88. The van der Waals surface area contributed by atoms with Crippen molar-refractivity contribution >= 4 is 21.6 Å². The summed E-state index contributed by atoms with van der Waals surface area (Å²) in [6, 6.07) is 3.04. The highest BCUT2D eigenvalue weighted by Crippen LogP contribution is 2.37. The zero-order valence-electron chi connectivity index (χ0n) is 11.9. The van der Waals surface area contributed by atoms with Crippen molar-refractivity contribution in [3.8, 4) is 5.75 Å². The molecule has 0 heterocycles. The number of benzene rings is 1. The molecule has 1 atom stereocenters. The Bertz CT molecular complexity index is 474. The van der Waals surface area contributed by atoms with Gasteiger partial charge in [0.05, 0.1) is 17.6 Å². The summed E-state index contributed by atoms with van der Waals surface area (Å²) in [5.74, 6) is 0.728. The third-order valence-corrected chi connectivity index (χ3v) is 3.34. The second kappa shape index (κ2) is 7.59. The van der Waals surface area contributed by atoms with Crippen LogP contribution in [0.15, 0.2) is 16.6 Å². The molecule has 20 heavy (non-hydrogen) atoms. The van der Waals surface area contributed by atoms with Gasteiger partial charge in [-0.1, -0.05) is 29.8 Å². The van der Waals surface area contributed by atoms with Crippen LogP contribution in [-0.2, 0) is 0 Å². The normalized spacial score (nSPS) is 12.5. The zero-order valence-corrected chi connectivity index (χ0v) is 13.5. The van der Waals surface area contributed by atoms with E-state index in [0.717, 1.165) is 12.8 Å². The van der Waals surface area contributed by atoms with Gasteiger partial charge in [0.25, 0.3) is 0 Å². The van der Waals surface area contributed by atoms with E-state index in [9.17, 15) is 15.2 Å². The van der Waals surface area contributed by atoms with Crippen molar-refractivity contribution in [2.45, 2.75) is 39.7 Å². The number of rotatable bonds is 7. The van der Waals surface area contributed by atoms with Crippen LogP contribution in [0.3, 0.4) is 0 Å². The summed E-state index contributed by atoms with van der Waals surface area (Å²) in [6.45, 7) is 6.19. The van der Waals surface area contributed by atoms with Gasteiger partial charge >= 0.3 is 5.69 Å². The van der Waals surface area contributed by atoms with Gasteiger partial charge in [0.1, 0.15) is 0 Å². The zero-order chi connectivity index (χ0) is 15.3. The smallest absolute Gasteiger partial charge is 0.312 e. The Balaban J connectivity index is 2.98. The van der Waals surface area contributed by atoms with Crippen molar-refractivity contribution < 1.29 is 14.8 Å². The number of ether oxygens (including phenoxy) is 1. The molecule has 112 valence electrons. The first kappa shape index (κ1) is 16.9. The number of halogens is 1. The molecule has 5 nitrogen and oxygen atoms in total. The van der Waals surface area contributed by atoms with Gasteiger partial charge in [-0.2, -0.15) is 0 Å². The average Bonchev–Trinajstić information content (AvgIpc) is 2.34. The SMILES string of the molecule is CC(C)CCCOc1c(C(C)O)cc(Br)cc1[N+](=O)[O-]. The highest BCUT2D eigenvalue weighted by atomic mass is 79.9. The summed E-state index contributed by atoms with van der Waals surface area (Å²) < 4.78 is 6.12. The van der Waals surface area contributed by atoms with Crippen molar-refractivity contribution in [1.82, 2.24) is 0 Å². The molecule has 1 aromatic rings. The summed E-state index contributed by atoms with van der Waals surface area (Å²) in [7, 11) is 0. The van der Waals surface area contributed by atoms with Crippen LogP contribution in [0.5, 0.6) is 5.75 Å². The van der Waals surface area contributed by atoms with E-state index in [-0.39, 0.29) is 11.4 Å². The lowest BCUT2D eigenvalue weighted by Gasteiger charge is -2.14. The predicted octanol–water partition coefficient (Wildman–Crippen LogP) is 4.23. The summed E-state index contributed by atoms with van der Waals surface area (Å²) in [6.07, 6.45) is 0.990. The summed E-state index contributed by atoms with van der Waals surface area (Å²) >= 11 is 3.21. The molecule has 0 saturated heterocycles. The predicted molar refractivity (Wildman–Crippen MR) is 81.0 cm³/mol. The first-order chi connectivity index (χ1) is 9.32. The topological polar surface area (TPSA) is 72.6 Å². The largest absolute Gasteiger partial charge is 0.487 e. The fourth-order valence-corrected chi connectivity index (χ4v) is 2.33. The van der Waals surface area contributed by atoms with Crippen LogP contribution >= 0.6 is 15.9 Å². The molecule has 0 bridgehead atoms. The van der Waals surface area contributed by atoms with E-state index >= 15 is 0 Å². The van der Waals surface area contributed by atoms with Gasteiger partial charge in [-0.15, -0.1) is 0 Å². The van der Waals surface area contributed by atoms with E-state index < -0.39 is 11.0 Å². The van der Waals surface area contributed by atoms with Gasteiger partial charge < -0.3 is 9.84 Å². The van der Waals surface area contributed by atoms with Crippen LogP contribution in [0, 0.1) is 16.0 Å². The number of aliphatic hydroxyl groups is 1. The molecular weight excluding hydrogens is 326 g/mol. The molecular formula is C14H20BrNO4.